The van der Waals surface area contributed by atoms with E-state index < -0.39 is 0 Å². The molecule has 1 aromatic carbocycles. The van der Waals surface area contributed by atoms with Crippen molar-refractivity contribution in [3.8, 4) is 0 Å². The minimum Gasteiger partial charge on any atom is -0.377 e. The molecule has 2 saturated heterocycles. The molecule has 1 spiro atoms. The third-order valence-corrected chi connectivity index (χ3v) is 7.23. The number of piperazine rings is 1. The molecule has 0 aromatic heterocycles. The van der Waals surface area contributed by atoms with Gasteiger partial charge in [0.05, 0.1) is 6.10 Å². The largest absolute Gasteiger partial charge is 0.377 e. The van der Waals surface area contributed by atoms with E-state index >= 15 is 0 Å². The van der Waals surface area contributed by atoms with Gasteiger partial charge in [-0.2, -0.15) is 0 Å². The number of halogens is 1. The van der Waals surface area contributed by atoms with Gasteiger partial charge in [-0.25, -0.2) is 0 Å². The van der Waals surface area contributed by atoms with Gasteiger partial charge >= 0.3 is 0 Å². The number of nitrogens with zero attached hydrogens (tertiary/aromatic N) is 3. The van der Waals surface area contributed by atoms with Gasteiger partial charge in [0.2, 0.25) is 0 Å². The Balaban J connectivity index is 0.00000180. The molecule has 0 bridgehead atoms. The predicted molar refractivity (Wildman–Crippen MR) is 120 cm³/mol. The first-order valence-electron chi connectivity index (χ1n) is 10.2. The van der Waals surface area contributed by atoms with Crippen LogP contribution in [0.1, 0.15) is 25.7 Å². The summed E-state index contributed by atoms with van der Waals surface area (Å²) >= 11 is 0. The number of benzene rings is 1. The van der Waals surface area contributed by atoms with Gasteiger partial charge in [-0.05, 0) is 31.4 Å². The zero-order chi connectivity index (χ0) is 17.6. The number of rotatable bonds is 2. The van der Waals surface area contributed by atoms with E-state index in [0.717, 1.165) is 38.7 Å². The highest BCUT2D eigenvalue weighted by Gasteiger charge is 2.66. The third-order valence-electron chi connectivity index (χ3n) is 7.23. The molecule has 5 rings (SSSR count). The Hall–Kier alpha value is -1.02. The van der Waals surface area contributed by atoms with Gasteiger partial charge < -0.3 is 19.9 Å². The predicted octanol–water partition coefficient (Wildman–Crippen LogP) is 2.96. The van der Waals surface area contributed by atoms with Crippen molar-refractivity contribution in [3.63, 3.8) is 0 Å². The second-order valence-corrected chi connectivity index (χ2v) is 8.31. The van der Waals surface area contributed by atoms with E-state index in [4.69, 9.17) is 4.74 Å². The summed E-state index contributed by atoms with van der Waals surface area (Å²) in [4.78, 5) is 9.55. The summed E-state index contributed by atoms with van der Waals surface area (Å²) in [6.45, 7) is 5.10. The van der Waals surface area contributed by atoms with Crippen molar-refractivity contribution in [3.05, 3.63) is 30.3 Å². The van der Waals surface area contributed by atoms with Crippen LogP contribution < -0.4 is 10.2 Å². The van der Waals surface area contributed by atoms with Crippen molar-refractivity contribution in [2.24, 2.45) is 16.3 Å². The fraction of sp³-hybridized carbons (Fsp3) is 0.667. The molecule has 4 aliphatic rings. The zero-order valence-electron chi connectivity index (χ0n) is 16.1. The number of nitrogens with one attached hydrogen (secondary N) is 1. The highest BCUT2D eigenvalue weighted by molar-refractivity contribution is 14.0. The molecule has 5 nitrogen and oxygen atoms in total. The number of fused-ring (bicyclic) bond motifs is 2. The normalized spacial score (nSPS) is 31.6. The quantitative estimate of drug-likeness (QED) is 0.400. The lowest BCUT2D eigenvalue weighted by atomic mass is 9.46. The van der Waals surface area contributed by atoms with E-state index in [1.807, 2.05) is 7.05 Å². The first-order valence-corrected chi connectivity index (χ1v) is 10.2. The second-order valence-electron chi connectivity index (χ2n) is 8.31. The smallest absolute Gasteiger partial charge is 0.194 e. The van der Waals surface area contributed by atoms with Crippen LogP contribution in [-0.2, 0) is 4.74 Å². The van der Waals surface area contributed by atoms with E-state index in [9.17, 15) is 0 Å². The monoisotopic (exact) mass is 482 g/mol. The molecule has 1 aromatic rings. The van der Waals surface area contributed by atoms with Gasteiger partial charge in [0.1, 0.15) is 0 Å². The standard InChI is InChI=1S/C21H30N4O.HI/c1-22-20(23-18-17-8-15-26-19(17)21(18)9-5-10-21)25-13-11-24(12-14-25)16-6-3-2-4-7-16;/h2-4,6-7,17-19H,5,8-15H2,1H3,(H,22,23);1H. The van der Waals surface area contributed by atoms with Gasteiger partial charge in [-0.3, -0.25) is 4.99 Å². The van der Waals surface area contributed by atoms with Gasteiger partial charge in [-0.15, -0.1) is 24.0 Å². The molecule has 4 fully saturated rings. The van der Waals surface area contributed by atoms with Gasteiger partial charge in [0.25, 0.3) is 0 Å². The lowest BCUT2D eigenvalue weighted by Gasteiger charge is -2.63. The summed E-state index contributed by atoms with van der Waals surface area (Å²) < 4.78 is 6.06. The number of guanidine groups is 1. The van der Waals surface area contributed by atoms with Crippen LogP contribution in [0.25, 0.3) is 0 Å². The first kappa shape index (κ1) is 19.3. The Bertz CT molecular complexity index is 670. The molecule has 2 saturated carbocycles. The Morgan fingerprint density at radius 2 is 1.89 bits per heavy atom. The number of ether oxygens (including phenoxy) is 1. The van der Waals surface area contributed by atoms with Crippen molar-refractivity contribution in [1.82, 2.24) is 10.2 Å². The van der Waals surface area contributed by atoms with Crippen molar-refractivity contribution < 1.29 is 4.74 Å². The number of anilines is 1. The van der Waals surface area contributed by atoms with Crippen LogP contribution >= 0.6 is 24.0 Å². The minimum absolute atomic E-state index is 0. The van der Waals surface area contributed by atoms with E-state index in [1.165, 1.54) is 31.4 Å². The Morgan fingerprint density at radius 1 is 1.15 bits per heavy atom. The number of aliphatic imine (C=N–C) groups is 1. The topological polar surface area (TPSA) is 40.1 Å². The molecular weight excluding hydrogens is 451 g/mol. The van der Waals surface area contributed by atoms with E-state index in [1.54, 1.807) is 0 Å². The summed E-state index contributed by atoms with van der Waals surface area (Å²) in [5.41, 5.74) is 1.73. The molecule has 148 valence electrons. The van der Waals surface area contributed by atoms with Gasteiger partial charge in [0, 0.05) is 62.9 Å². The maximum atomic E-state index is 6.06. The van der Waals surface area contributed by atoms with E-state index in [0.29, 0.717) is 23.5 Å². The van der Waals surface area contributed by atoms with Crippen LogP contribution in [0.5, 0.6) is 0 Å². The second kappa shape index (κ2) is 7.78. The van der Waals surface area contributed by atoms with Gasteiger partial charge in [-0.1, -0.05) is 24.6 Å². The lowest BCUT2D eigenvalue weighted by Crippen LogP contribution is -2.73. The van der Waals surface area contributed by atoms with Crippen LogP contribution in [0.3, 0.4) is 0 Å². The fourth-order valence-corrected chi connectivity index (χ4v) is 5.71. The number of hydrogen-bond donors (Lipinski definition) is 1. The molecule has 3 atom stereocenters. The van der Waals surface area contributed by atoms with E-state index in [-0.39, 0.29) is 24.0 Å². The third kappa shape index (κ3) is 3.12. The average Bonchev–Trinajstić information content (AvgIpc) is 3.07. The summed E-state index contributed by atoms with van der Waals surface area (Å²) in [6.07, 6.45) is 5.73. The van der Waals surface area contributed by atoms with E-state index in [2.05, 4.69) is 50.4 Å². The van der Waals surface area contributed by atoms with Crippen LogP contribution in [0.4, 0.5) is 5.69 Å². The average molecular weight is 482 g/mol. The molecule has 2 aliphatic heterocycles. The lowest BCUT2D eigenvalue weighted by molar-refractivity contribution is -0.171. The highest BCUT2D eigenvalue weighted by atomic mass is 127. The Kier molecular flexibility index (Phi) is 5.56. The van der Waals surface area contributed by atoms with Crippen LogP contribution in [0, 0.1) is 11.3 Å². The summed E-state index contributed by atoms with van der Waals surface area (Å²) in [6, 6.07) is 11.3. The zero-order valence-corrected chi connectivity index (χ0v) is 18.5. The van der Waals surface area contributed by atoms with Crippen molar-refractivity contribution in [1.29, 1.82) is 0 Å². The maximum Gasteiger partial charge on any atom is 0.194 e. The molecule has 1 N–H and O–H groups in total. The molecule has 27 heavy (non-hydrogen) atoms. The summed E-state index contributed by atoms with van der Waals surface area (Å²) in [5.74, 6) is 1.79. The maximum absolute atomic E-state index is 6.06. The Morgan fingerprint density at radius 3 is 2.52 bits per heavy atom. The highest BCUT2D eigenvalue weighted by Crippen LogP contribution is 2.62. The molecule has 0 radical (unpaired) electrons. The molecular formula is C21H31IN4O. The molecule has 0 amide bonds. The number of para-hydroxylation sites is 1. The molecule has 3 unspecified atom stereocenters. The molecule has 6 heteroatoms. The van der Waals surface area contributed by atoms with Crippen molar-refractivity contribution in [2.45, 2.75) is 37.8 Å². The number of hydrogen-bond acceptors (Lipinski definition) is 3. The van der Waals surface area contributed by atoms with Crippen molar-refractivity contribution in [2.75, 3.05) is 44.7 Å². The molecule has 2 aliphatic carbocycles. The van der Waals surface area contributed by atoms with Crippen LogP contribution in [0.2, 0.25) is 0 Å². The summed E-state index contributed by atoms with van der Waals surface area (Å²) in [5, 5.41) is 3.87. The van der Waals surface area contributed by atoms with Gasteiger partial charge in [0.15, 0.2) is 5.96 Å². The van der Waals surface area contributed by atoms with Crippen LogP contribution in [-0.4, -0.2) is 62.8 Å². The summed E-state index contributed by atoms with van der Waals surface area (Å²) in [7, 11) is 1.93. The molecule has 2 heterocycles. The Labute approximate surface area is 179 Å². The SMILES string of the molecule is CN=C(NC1C2CCOC2C12CCC2)N1CCN(c2ccccc2)CC1.I. The minimum atomic E-state index is 0. The van der Waals surface area contributed by atoms with Crippen LogP contribution in [0.15, 0.2) is 35.3 Å². The first-order chi connectivity index (χ1) is 12.8. The fourth-order valence-electron chi connectivity index (χ4n) is 5.71. The van der Waals surface area contributed by atoms with Crippen molar-refractivity contribution >= 4 is 35.6 Å².